The summed E-state index contributed by atoms with van der Waals surface area (Å²) < 4.78 is 0. The normalized spacial score (nSPS) is 13.0. The van der Waals surface area contributed by atoms with Gasteiger partial charge in [0, 0.05) is 24.3 Å². The predicted molar refractivity (Wildman–Crippen MR) is 96.1 cm³/mol. The van der Waals surface area contributed by atoms with Crippen molar-refractivity contribution in [1.82, 2.24) is 15.6 Å². The zero-order valence-electron chi connectivity index (χ0n) is 14.1. The zero-order valence-corrected chi connectivity index (χ0v) is 14.9. The van der Waals surface area contributed by atoms with Crippen molar-refractivity contribution in [3.05, 3.63) is 46.4 Å². The Labute approximate surface area is 145 Å². The highest BCUT2D eigenvalue weighted by molar-refractivity contribution is 7.09. The van der Waals surface area contributed by atoms with Crippen molar-refractivity contribution in [3.63, 3.8) is 0 Å². The summed E-state index contributed by atoms with van der Waals surface area (Å²) in [5.74, 6) is -0.106. The lowest BCUT2D eigenvalue weighted by molar-refractivity contribution is -0.119. The number of hydrogen-bond donors (Lipinski definition) is 3. The Morgan fingerprint density at radius 3 is 2.67 bits per heavy atom. The Balaban J connectivity index is 2.11. The fourth-order valence-electron chi connectivity index (χ4n) is 2.25. The molecule has 0 aliphatic rings. The van der Waals surface area contributed by atoms with Crippen LogP contribution in [0.5, 0.6) is 0 Å². The van der Waals surface area contributed by atoms with Gasteiger partial charge in [0.1, 0.15) is 5.01 Å². The first-order valence-corrected chi connectivity index (χ1v) is 8.64. The summed E-state index contributed by atoms with van der Waals surface area (Å²) in [5, 5.41) is 11.2. The third-order valence-electron chi connectivity index (χ3n) is 3.90. The van der Waals surface area contributed by atoms with Gasteiger partial charge in [-0.3, -0.25) is 4.79 Å². The second kappa shape index (κ2) is 7.92. The molecule has 0 spiro atoms. The number of carbonyl (C=O) groups excluding carboxylic acids is 2. The minimum absolute atomic E-state index is 0.106. The highest BCUT2D eigenvalue weighted by Crippen LogP contribution is 2.26. The molecule has 0 saturated heterocycles. The number of benzene rings is 1. The van der Waals surface area contributed by atoms with Gasteiger partial charge in [0.15, 0.2) is 0 Å². The fourth-order valence-corrected chi connectivity index (χ4v) is 3.08. The van der Waals surface area contributed by atoms with Gasteiger partial charge in [0.25, 0.3) is 0 Å². The van der Waals surface area contributed by atoms with E-state index in [1.165, 1.54) is 11.3 Å². The number of nitrogens with one attached hydrogen (secondary N) is 3. The van der Waals surface area contributed by atoms with E-state index in [1.807, 2.05) is 37.4 Å². The molecule has 1 heterocycles. The fraction of sp³-hybridized carbons (Fsp3) is 0.353. The Kier molecular flexibility index (Phi) is 5.92. The number of urea groups is 1. The summed E-state index contributed by atoms with van der Waals surface area (Å²) in [6.45, 7) is 3.95. The minimum Gasteiger partial charge on any atom is -0.359 e. The molecule has 0 fully saturated rings. The van der Waals surface area contributed by atoms with E-state index in [1.54, 1.807) is 19.3 Å². The zero-order chi connectivity index (χ0) is 17.6. The molecule has 0 unspecified atom stereocenters. The Hall–Kier alpha value is -2.41. The maximum absolute atomic E-state index is 12.4. The van der Waals surface area contributed by atoms with Crippen molar-refractivity contribution in [1.29, 1.82) is 0 Å². The van der Waals surface area contributed by atoms with Crippen LogP contribution in [0.15, 0.2) is 35.8 Å². The van der Waals surface area contributed by atoms with Gasteiger partial charge >= 0.3 is 6.03 Å². The molecule has 0 saturated carbocycles. The van der Waals surface area contributed by atoms with Gasteiger partial charge in [-0.05, 0) is 25.0 Å². The second-order valence-corrected chi connectivity index (χ2v) is 6.50. The molecule has 0 radical (unpaired) electrons. The lowest BCUT2D eigenvalue weighted by Gasteiger charge is -2.27. The first kappa shape index (κ1) is 17.9. The van der Waals surface area contributed by atoms with Gasteiger partial charge in [-0.1, -0.05) is 25.1 Å². The third-order valence-corrected chi connectivity index (χ3v) is 4.93. The summed E-state index contributed by atoms with van der Waals surface area (Å²) >= 11 is 1.51. The summed E-state index contributed by atoms with van der Waals surface area (Å²) in [5.41, 5.74) is 0.851. The monoisotopic (exact) mass is 346 g/mol. The van der Waals surface area contributed by atoms with E-state index in [-0.39, 0.29) is 18.4 Å². The van der Waals surface area contributed by atoms with E-state index in [0.29, 0.717) is 12.1 Å². The van der Waals surface area contributed by atoms with Gasteiger partial charge < -0.3 is 16.0 Å². The number of para-hydroxylation sites is 1. The van der Waals surface area contributed by atoms with Crippen LogP contribution >= 0.6 is 11.3 Å². The van der Waals surface area contributed by atoms with Crippen LogP contribution in [0.1, 0.15) is 30.8 Å². The molecule has 1 aromatic carbocycles. The highest BCUT2D eigenvalue weighted by Gasteiger charge is 2.29. The number of amides is 3. The number of likely N-dealkylation sites (N-methyl/N-ethyl adjacent to an activating group) is 1. The van der Waals surface area contributed by atoms with Crippen LogP contribution in [-0.4, -0.2) is 24.0 Å². The van der Waals surface area contributed by atoms with E-state index in [0.717, 1.165) is 10.6 Å². The number of nitrogens with zero attached hydrogens (tertiary/aromatic N) is 1. The lowest BCUT2D eigenvalue weighted by atomic mass is 10.0. The number of thiazole rings is 1. The van der Waals surface area contributed by atoms with Crippen molar-refractivity contribution in [2.24, 2.45) is 0 Å². The molecule has 24 heavy (non-hydrogen) atoms. The van der Waals surface area contributed by atoms with Crippen LogP contribution < -0.4 is 16.0 Å². The van der Waals surface area contributed by atoms with Crippen molar-refractivity contribution >= 4 is 29.0 Å². The number of carbonyl (C=O) groups is 2. The number of rotatable bonds is 6. The van der Waals surface area contributed by atoms with E-state index in [2.05, 4.69) is 20.9 Å². The predicted octanol–water partition coefficient (Wildman–Crippen LogP) is 2.88. The number of aromatic nitrogens is 1. The molecule has 1 aromatic heterocycles. The topological polar surface area (TPSA) is 83.1 Å². The first-order valence-electron chi connectivity index (χ1n) is 7.76. The summed E-state index contributed by atoms with van der Waals surface area (Å²) in [6.07, 6.45) is 2.66. The summed E-state index contributed by atoms with van der Waals surface area (Å²) in [6, 6.07) is 6.95. The largest absolute Gasteiger partial charge is 0.359 e. The Bertz CT molecular complexity index is 702. The third kappa shape index (κ3) is 4.32. The van der Waals surface area contributed by atoms with E-state index >= 15 is 0 Å². The van der Waals surface area contributed by atoms with Crippen molar-refractivity contribution < 1.29 is 9.59 Å². The minimum atomic E-state index is -0.534. The molecular weight excluding hydrogens is 324 g/mol. The highest BCUT2D eigenvalue weighted by atomic mass is 32.1. The molecule has 3 amide bonds. The average molecular weight is 346 g/mol. The maximum Gasteiger partial charge on any atom is 0.320 e. The standard InChI is InChI=1S/C17H22N4O2S/c1-4-17(2,15-19-9-10-24-15)21-16(23)20-13-8-6-5-7-12(13)11-14(22)18-3/h5-10H,4,11H2,1-3H3,(H,18,22)(H2,20,21,23)/t17-/m1/s1. The van der Waals surface area contributed by atoms with Gasteiger partial charge in [-0.25, -0.2) is 9.78 Å². The van der Waals surface area contributed by atoms with E-state index in [9.17, 15) is 9.59 Å². The molecule has 3 N–H and O–H groups in total. The molecule has 7 heteroatoms. The molecule has 2 rings (SSSR count). The Morgan fingerprint density at radius 2 is 2.04 bits per heavy atom. The van der Waals surface area contributed by atoms with Crippen molar-refractivity contribution in [2.45, 2.75) is 32.2 Å². The van der Waals surface area contributed by atoms with Crippen molar-refractivity contribution in [2.75, 3.05) is 12.4 Å². The molecule has 1 atom stereocenters. The Morgan fingerprint density at radius 1 is 1.29 bits per heavy atom. The smallest absolute Gasteiger partial charge is 0.320 e. The number of anilines is 1. The molecular formula is C17H22N4O2S. The van der Waals surface area contributed by atoms with Gasteiger partial charge in [0.05, 0.1) is 12.0 Å². The van der Waals surface area contributed by atoms with Crippen LogP contribution in [0.2, 0.25) is 0 Å². The SMILES string of the molecule is CC[C@@](C)(NC(=O)Nc1ccccc1CC(=O)NC)c1nccs1. The van der Waals surface area contributed by atoms with E-state index in [4.69, 9.17) is 0 Å². The second-order valence-electron chi connectivity index (χ2n) is 5.61. The number of hydrogen-bond acceptors (Lipinski definition) is 4. The maximum atomic E-state index is 12.4. The van der Waals surface area contributed by atoms with Crippen molar-refractivity contribution in [3.8, 4) is 0 Å². The summed E-state index contributed by atoms with van der Waals surface area (Å²) in [4.78, 5) is 28.4. The average Bonchev–Trinajstić information content (AvgIpc) is 3.11. The molecule has 128 valence electrons. The molecule has 0 bridgehead atoms. The lowest BCUT2D eigenvalue weighted by Crippen LogP contribution is -2.45. The van der Waals surface area contributed by atoms with Crippen LogP contribution in [0.25, 0.3) is 0 Å². The van der Waals surface area contributed by atoms with Gasteiger partial charge in [-0.15, -0.1) is 11.3 Å². The molecule has 2 aromatic rings. The quantitative estimate of drug-likeness (QED) is 0.752. The first-order chi connectivity index (χ1) is 11.5. The van der Waals surface area contributed by atoms with E-state index < -0.39 is 5.54 Å². The van der Waals surface area contributed by atoms with Crippen LogP contribution in [0.3, 0.4) is 0 Å². The molecule has 0 aliphatic carbocycles. The molecule has 6 nitrogen and oxygen atoms in total. The molecule has 0 aliphatic heterocycles. The van der Waals surface area contributed by atoms with Gasteiger partial charge in [0.2, 0.25) is 5.91 Å². The van der Waals surface area contributed by atoms with Crippen LogP contribution in [0, 0.1) is 0 Å². The van der Waals surface area contributed by atoms with Gasteiger partial charge in [-0.2, -0.15) is 0 Å². The van der Waals surface area contributed by atoms with Crippen LogP contribution in [-0.2, 0) is 16.8 Å². The van der Waals surface area contributed by atoms with Crippen LogP contribution in [0.4, 0.5) is 10.5 Å². The summed E-state index contributed by atoms with van der Waals surface area (Å²) in [7, 11) is 1.59.